The summed E-state index contributed by atoms with van der Waals surface area (Å²) in [5.41, 5.74) is 5.11. The zero-order valence-electron chi connectivity index (χ0n) is 20.1. The zero-order chi connectivity index (χ0) is 26.0. The van der Waals surface area contributed by atoms with E-state index < -0.39 is 24.7 Å². The molecule has 1 amide bonds. The van der Waals surface area contributed by atoms with Gasteiger partial charge in [-0.05, 0) is 43.5 Å². The maximum atomic E-state index is 12.4. The molecule has 11 heteroatoms. The van der Waals surface area contributed by atoms with Gasteiger partial charge in [0.15, 0.2) is 5.82 Å². The highest BCUT2D eigenvalue weighted by Crippen LogP contribution is 2.32. The van der Waals surface area contributed by atoms with Gasteiger partial charge in [-0.25, -0.2) is 9.97 Å². The first kappa shape index (κ1) is 24.7. The number of H-pyrrole nitrogens is 1. The number of pyridine rings is 1. The van der Waals surface area contributed by atoms with Crippen LogP contribution in [0, 0.1) is 0 Å². The maximum absolute atomic E-state index is 12.4. The van der Waals surface area contributed by atoms with Crippen molar-refractivity contribution < 1.29 is 18.0 Å². The SMILES string of the molecule is C[C@@H](NCC(F)(F)F)C(=O)Nc1cncc(-c2c[nH]c3ncc(-c4cccc(N5CCCC5)c4)cc23)n1. The molecule has 5 rings (SSSR count). The van der Waals surface area contributed by atoms with E-state index in [2.05, 4.69) is 53.7 Å². The maximum Gasteiger partial charge on any atom is 0.401 e. The van der Waals surface area contributed by atoms with Gasteiger partial charge in [0.1, 0.15) is 5.65 Å². The van der Waals surface area contributed by atoms with E-state index in [0.717, 1.165) is 35.2 Å². The minimum absolute atomic E-state index is 0.139. The number of rotatable bonds is 7. The number of hydrogen-bond donors (Lipinski definition) is 3. The number of halogens is 3. The molecular formula is C26H26F3N7O. The van der Waals surface area contributed by atoms with E-state index in [-0.39, 0.29) is 5.82 Å². The summed E-state index contributed by atoms with van der Waals surface area (Å²) in [6.07, 6.45) is 4.49. The summed E-state index contributed by atoms with van der Waals surface area (Å²) in [4.78, 5) is 31.1. The van der Waals surface area contributed by atoms with Crippen LogP contribution < -0.4 is 15.5 Å². The van der Waals surface area contributed by atoms with Gasteiger partial charge < -0.3 is 15.2 Å². The number of nitrogens with zero attached hydrogens (tertiary/aromatic N) is 4. The van der Waals surface area contributed by atoms with Crippen LogP contribution in [0.25, 0.3) is 33.4 Å². The smallest absolute Gasteiger partial charge is 0.372 e. The lowest BCUT2D eigenvalue weighted by Crippen LogP contribution is -2.42. The van der Waals surface area contributed by atoms with E-state index in [9.17, 15) is 18.0 Å². The number of aromatic amines is 1. The molecule has 192 valence electrons. The van der Waals surface area contributed by atoms with Crippen molar-refractivity contribution in [3.63, 3.8) is 0 Å². The second kappa shape index (κ2) is 10.2. The average Bonchev–Trinajstić information content (AvgIpc) is 3.57. The van der Waals surface area contributed by atoms with Crippen molar-refractivity contribution in [2.45, 2.75) is 32.0 Å². The van der Waals surface area contributed by atoms with Crippen LogP contribution in [-0.2, 0) is 4.79 Å². The van der Waals surface area contributed by atoms with Crippen LogP contribution in [-0.4, -0.2) is 57.7 Å². The molecule has 37 heavy (non-hydrogen) atoms. The van der Waals surface area contributed by atoms with Crippen LogP contribution in [0.4, 0.5) is 24.7 Å². The van der Waals surface area contributed by atoms with Crippen LogP contribution in [0.5, 0.6) is 0 Å². The van der Waals surface area contributed by atoms with Gasteiger partial charge in [0.05, 0.1) is 30.7 Å². The molecule has 1 aliphatic rings. The number of anilines is 2. The van der Waals surface area contributed by atoms with Gasteiger partial charge in [-0.1, -0.05) is 12.1 Å². The number of aromatic nitrogens is 4. The van der Waals surface area contributed by atoms with Gasteiger partial charge in [-0.3, -0.25) is 15.1 Å². The Morgan fingerprint density at radius 3 is 2.73 bits per heavy atom. The molecule has 1 aliphatic heterocycles. The Balaban J connectivity index is 1.38. The first-order valence-corrected chi connectivity index (χ1v) is 12.0. The lowest BCUT2D eigenvalue weighted by atomic mass is 10.0. The second-order valence-corrected chi connectivity index (χ2v) is 9.06. The number of fused-ring (bicyclic) bond motifs is 1. The standard InChI is InChI=1S/C26H26F3N7O/c1-16(33-15-26(27,28)29)25(37)35-23-14-30-13-22(34-23)21-12-32-24-20(21)10-18(11-31-24)17-5-4-6-19(9-17)36-7-2-3-8-36/h4-6,9-14,16,33H,2-3,7-8,15H2,1H3,(H,31,32)(H,34,35,37)/t16-/m1/s1. The number of amides is 1. The molecule has 0 aliphatic carbocycles. The van der Waals surface area contributed by atoms with Crippen LogP contribution in [0.15, 0.2) is 55.1 Å². The van der Waals surface area contributed by atoms with Crippen molar-refractivity contribution in [3.05, 3.63) is 55.1 Å². The topological polar surface area (TPSA) is 98.8 Å². The quantitative estimate of drug-likeness (QED) is 0.332. The Labute approximate surface area is 211 Å². The van der Waals surface area contributed by atoms with Crippen LogP contribution in [0.2, 0.25) is 0 Å². The average molecular weight is 510 g/mol. The highest BCUT2D eigenvalue weighted by atomic mass is 19.4. The molecule has 1 fully saturated rings. The Hall–Kier alpha value is -3.99. The minimum Gasteiger partial charge on any atom is -0.372 e. The molecule has 4 aromatic rings. The molecule has 1 atom stereocenters. The van der Waals surface area contributed by atoms with Crippen molar-refractivity contribution in [2.24, 2.45) is 0 Å². The molecule has 3 N–H and O–H groups in total. The summed E-state index contributed by atoms with van der Waals surface area (Å²) < 4.78 is 37.3. The number of benzene rings is 1. The van der Waals surface area contributed by atoms with Gasteiger partial charge in [0.25, 0.3) is 0 Å². The number of hydrogen-bond acceptors (Lipinski definition) is 6. The van der Waals surface area contributed by atoms with Crippen LogP contribution in [0.1, 0.15) is 19.8 Å². The third-order valence-corrected chi connectivity index (χ3v) is 6.35. The number of carbonyl (C=O) groups excluding carboxylic acids is 1. The highest BCUT2D eigenvalue weighted by Gasteiger charge is 2.28. The zero-order valence-corrected chi connectivity index (χ0v) is 20.1. The summed E-state index contributed by atoms with van der Waals surface area (Å²) >= 11 is 0. The highest BCUT2D eigenvalue weighted by molar-refractivity contribution is 5.96. The molecule has 0 saturated carbocycles. The van der Waals surface area contributed by atoms with E-state index in [0.29, 0.717) is 11.3 Å². The van der Waals surface area contributed by atoms with Gasteiger partial charge in [-0.2, -0.15) is 13.2 Å². The largest absolute Gasteiger partial charge is 0.401 e. The molecular weight excluding hydrogens is 483 g/mol. The molecule has 0 radical (unpaired) electrons. The molecule has 8 nitrogen and oxygen atoms in total. The molecule has 3 aromatic heterocycles. The lowest BCUT2D eigenvalue weighted by Gasteiger charge is -2.18. The Morgan fingerprint density at radius 1 is 1.14 bits per heavy atom. The van der Waals surface area contributed by atoms with Crippen molar-refractivity contribution in [2.75, 3.05) is 29.9 Å². The second-order valence-electron chi connectivity index (χ2n) is 9.06. The fraction of sp³-hybridized carbons (Fsp3) is 0.308. The van der Waals surface area contributed by atoms with E-state index >= 15 is 0 Å². The van der Waals surface area contributed by atoms with E-state index in [4.69, 9.17) is 0 Å². The van der Waals surface area contributed by atoms with Gasteiger partial charge in [0, 0.05) is 47.7 Å². The normalized spacial score (nSPS) is 14.8. The Bertz CT molecular complexity index is 1410. The number of nitrogens with one attached hydrogen (secondary N) is 3. The first-order valence-electron chi connectivity index (χ1n) is 12.0. The van der Waals surface area contributed by atoms with Crippen LogP contribution >= 0.6 is 0 Å². The van der Waals surface area contributed by atoms with Crippen LogP contribution in [0.3, 0.4) is 0 Å². The minimum atomic E-state index is -4.41. The van der Waals surface area contributed by atoms with Crippen molar-refractivity contribution in [1.82, 2.24) is 25.3 Å². The van der Waals surface area contributed by atoms with Gasteiger partial charge >= 0.3 is 6.18 Å². The fourth-order valence-corrected chi connectivity index (χ4v) is 4.38. The monoisotopic (exact) mass is 509 g/mol. The van der Waals surface area contributed by atoms with E-state index in [1.807, 2.05) is 18.3 Å². The predicted molar refractivity (Wildman–Crippen MR) is 136 cm³/mol. The summed E-state index contributed by atoms with van der Waals surface area (Å²) in [5, 5.41) is 5.51. The molecule has 0 spiro atoms. The van der Waals surface area contributed by atoms with Crippen molar-refractivity contribution in [3.8, 4) is 22.4 Å². The van der Waals surface area contributed by atoms with E-state index in [1.165, 1.54) is 31.6 Å². The predicted octanol–water partition coefficient (Wildman–Crippen LogP) is 4.77. The summed E-state index contributed by atoms with van der Waals surface area (Å²) in [5.74, 6) is -0.503. The molecule has 1 saturated heterocycles. The first-order chi connectivity index (χ1) is 17.8. The Morgan fingerprint density at radius 2 is 1.95 bits per heavy atom. The Kier molecular flexibility index (Phi) is 6.79. The number of alkyl halides is 3. The third-order valence-electron chi connectivity index (χ3n) is 6.35. The molecule has 0 bridgehead atoms. The third kappa shape index (κ3) is 5.72. The summed E-state index contributed by atoms with van der Waals surface area (Å²) in [6, 6.07) is 9.37. The van der Waals surface area contributed by atoms with Gasteiger partial charge in [0.2, 0.25) is 5.91 Å². The summed E-state index contributed by atoms with van der Waals surface area (Å²) in [7, 11) is 0. The fourth-order valence-electron chi connectivity index (χ4n) is 4.38. The van der Waals surface area contributed by atoms with Gasteiger partial charge in [-0.15, -0.1) is 0 Å². The molecule has 0 unspecified atom stereocenters. The number of carbonyl (C=O) groups is 1. The molecule has 4 heterocycles. The van der Waals surface area contributed by atoms with Crippen molar-refractivity contribution >= 4 is 28.4 Å². The van der Waals surface area contributed by atoms with E-state index in [1.54, 1.807) is 12.4 Å². The van der Waals surface area contributed by atoms with Crippen molar-refractivity contribution in [1.29, 1.82) is 0 Å². The lowest BCUT2D eigenvalue weighted by molar-refractivity contribution is -0.129. The molecule has 1 aromatic carbocycles. The summed E-state index contributed by atoms with van der Waals surface area (Å²) in [6.45, 7) is 2.21.